The Hall–Kier alpha value is -2.73. The van der Waals surface area contributed by atoms with Crippen LogP contribution >= 0.6 is 11.8 Å². The number of ether oxygens (including phenoxy) is 4. The topological polar surface area (TPSA) is 136 Å². The molecule has 2 saturated heterocycles. The summed E-state index contributed by atoms with van der Waals surface area (Å²) in [6.07, 6.45) is 3.73. The maximum absolute atomic E-state index is 12.7. The lowest BCUT2D eigenvalue weighted by atomic mass is 9.68. The first-order valence-electron chi connectivity index (χ1n) is 15.4. The SMILES string of the molecule is CO[C@H]1[C@H](C2(C)O[C@@H]2CC=C(C)C)[C@]2(CC[C@H]1OC(=O)NC(=O)CSc1ccc(NC(=O)CCCC(=O)C(C)C)cc1)CO2. The maximum atomic E-state index is 12.7. The summed E-state index contributed by atoms with van der Waals surface area (Å²) in [6, 6.07) is 7.09. The lowest BCUT2D eigenvalue weighted by Gasteiger charge is -2.42. The number of carbonyl (C=O) groups is 4. The second-order valence-corrected chi connectivity index (χ2v) is 13.8. The van der Waals surface area contributed by atoms with Gasteiger partial charge in [0.15, 0.2) is 0 Å². The van der Waals surface area contributed by atoms with Crippen LogP contribution in [0.3, 0.4) is 0 Å². The fourth-order valence-corrected chi connectivity index (χ4v) is 6.80. The maximum Gasteiger partial charge on any atom is 0.414 e. The van der Waals surface area contributed by atoms with Crippen LogP contribution < -0.4 is 10.6 Å². The Morgan fingerprint density at radius 1 is 1.11 bits per heavy atom. The van der Waals surface area contributed by atoms with Gasteiger partial charge in [0.05, 0.1) is 24.4 Å². The summed E-state index contributed by atoms with van der Waals surface area (Å²) in [4.78, 5) is 50.0. The average Bonchev–Trinajstić information content (AvgIpc) is 3.89. The summed E-state index contributed by atoms with van der Waals surface area (Å²) < 4.78 is 23.8. The number of hydrogen-bond acceptors (Lipinski definition) is 9. The van der Waals surface area contributed by atoms with Gasteiger partial charge < -0.3 is 24.3 Å². The molecule has 3 fully saturated rings. The third-order valence-corrected chi connectivity index (χ3v) is 9.73. The van der Waals surface area contributed by atoms with Gasteiger partial charge in [0.1, 0.15) is 29.2 Å². The van der Waals surface area contributed by atoms with Gasteiger partial charge in [-0.15, -0.1) is 11.8 Å². The van der Waals surface area contributed by atoms with E-state index in [1.165, 1.54) is 17.3 Å². The van der Waals surface area contributed by atoms with Crippen molar-refractivity contribution in [3.63, 3.8) is 0 Å². The summed E-state index contributed by atoms with van der Waals surface area (Å²) >= 11 is 1.26. The molecular formula is C33H46N2O8S. The first-order valence-corrected chi connectivity index (χ1v) is 16.4. The van der Waals surface area contributed by atoms with Crippen molar-refractivity contribution in [3.05, 3.63) is 35.9 Å². The van der Waals surface area contributed by atoms with E-state index in [1.807, 2.05) is 13.8 Å². The molecule has 10 nitrogen and oxygen atoms in total. The van der Waals surface area contributed by atoms with Crippen LogP contribution in [0.25, 0.3) is 0 Å². The number of Topliss-reactive ketones (excluding diaryl/α,β-unsaturated/α-hetero) is 1. The van der Waals surface area contributed by atoms with Gasteiger partial charge in [-0.3, -0.25) is 19.7 Å². The predicted molar refractivity (Wildman–Crippen MR) is 167 cm³/mol. The quantitative estimate of drug-likeness (QED) is 0.156. The van der Waals surface area contributed by atoms with E-state index in [2.05, 4.69) is 37.5 Å². The summed E-state index contributed by atoms with van der Waals surface area (Å²) in [6.45, 7) is 10.5. The molecule has 242 valence electrons. The molecule has 1 unspecified atom stereocenters. The number of ketones is 1. The number of carbonyl (C=O) groups excluding carboxylic acids is 4. The minimum Gasteiger partial charge on any atom is -0.443 e. The third kappa shape index (κ3) is 8.71. The molecule has 3 amide bonds. The summed E-state index contributed by atoms with van der Waals surface area (Å²) in [5, 5.41) is 5.15. The molecular weight excluding hydrogens is 584 g/mol. The molecule has 2 heterocycles. The van der Waals surface area contributed by atoms with Gasteiger partial charge in [0, 0.05) is 36.5 Å². The molecule has 6 atom stereocenters. The van der Waals surface area contributed by atoms with E-state index >= 15 is 0 Å². The Labute approximate surface area is 264 Å². The van der Waals surface area contributed by atoms with Crippen molar-refractivity contribution in [1.82, 2.24) is 5.32 Å². The van der Waals surface area contributed by atoms with Gasteiger partial charge in [0.25, 0.3) is 0 Å². The molecule has 0 bridgehead atoms. The number of methoxy groups -OCH3 is 1. The molecule has 11 heteroatoms. The Bertz CT molecular complexity index is 1240. The molecule has 1 aromatic carbocycles. The number of nitrogens with one attached hydrogen (secondary N) is 2. The van der Waals surface area contributed by atoms with Crippen molar-refractivity contribution in [2.75, 3.05) is 24.8 Å². The van der Waals surface area contributed by atoms with E-state index in [0.29, 0.717) is 31.6 Å². The highest BCUT2D eigenvalue weighted by molar-refractivity contribution is 8.00. The summed E-state index contributed by atoms with van der Waals surface area (Å²) in [7, 11) is 1.61. The van der Waals surface area contributed by atoms with Crippen molar-refractivity contribution in [1.29, 1.82) is 0 Å². The van der Waals surface area contributed by atoms with Crippen LogP contribution in [0.5, 0.6) is 0 Å². The zero-order valence-electron chi connectivity index (χ0n) is 26.6. The van der Waals surface area contributed by atoms with Crippen LogP contribution in [0.4, 0.5) is 10.5 Å². The highest BCUT2D eigenvalue weighted by Gasteiger charge is 2.72. The van der Waals surface area contributed by atoms with E-state index in [-0.39, 0.29) is 47.4 Å². The van der Waals surface area contributed by atoms with Crippen LogP contribution in [0.15, 0.2) is 40.8 Å². The highest BCUT2D eigenvalue weighted by Crippen LogP contribution is 2.59. The summed E-state index contributed by atoms with van der Waals surface area (Å²) in [5.41, 5.74) is 1.09. The van der Waals surface area contributed by atoms with Crippen molar-refractivity contribution < 1.29 is 38.1 Å². The van der Waals surface area contributed by atoms with E-state index in [4.69, 9.17) is 18.9 Å². The Kier molecular flexibility index (Phi) is 11.3. The van der Waals surface area contributed by atoms with E-state index in [9.17, 15) is 19.2 Å². The second kappa shape index (κ2) is 14.6. The number of anilines is 1. The molecule has 0 radical (unpaired) electrons. The molecule has 1 aromatic rings. The first-order chi connectivity index (χ1) is 20.9. The fraction of sp³-hybridized carbons (Fsp3) is 0.636. The number of amides is 3. The number of rotatable bonds is 14. The molecule has 2 aliphatic heterocycles. The van der Waals surface area contributed by atoms with Crippen LogP contribution in [-0.4, -0.2) is 72.7 Å². The molecule has 1 spiro atoms. The fourth-order valence-electron chi connectivity index (χ4n) is 6.11. The molecule has 2 N–H and O–H groups in total. The van der Waals surface area contributed by atoms with Crippen LogP contribution in [-0.2, 0) is 33.3 Å². The van der Waals surface area contributed by atoms with Gasteiger partial charge in [-0.05, 0) is 70.7 Å². The molecule has 1 saturated carbocycles. The lowest BCUT2D eigenvalue weighted by molar-refractivity contribution is -0.124. The molecule has 0 aromatic heterocycles. The van der Waals surface area contributed by atoms with Crippen molar-refractivity contribution in [2.24, 2.45) is 11.8 Å². The minimum atomic E-state index is -0.801. The van der Waals surface area contributed by atoms with Crippen LogP contribution in [0.2, 0.25) is 0 Å². The third-order valence-electron chi connectivity index (χ3n) is 8.72. The van der Waals surface area contributed by atoms with Crippen LogP contribution in [0.1, 0.15) is 73.1 Å². The Morgan fingerprint density at radius 2 is 1.82 bits per heavy atom. The zero-order valence-corrected chi connectivity index (χ0v) is 27.4. The number of imide groups is 1. The van der Waals surface area contributed by atoms with Crippen molar-refractivity contribution in [2.45, 2.75) is 108 Å². The van der Waals surface area contributed by atoms with Crippen molar-refractivity contribution >= 4 is 41.1 Å². The smallest absolute Gasteiger partial charge is 0.414 e. The monoisotopic (exact) mass is 630 g/mol. The number of benzene rings is 1. The van der Waals surface area contributed by atoms with E-state index < -0.39 is 29.8 Å². The Balaban J connectivity index is 1.22. The van der Waals surface area contributed by atoms with E-state index in [0.717, 1.165) is 17.7 Å². The highest BCUT2D eigenvalue weighted by atomic mass is 32.2. The van der Waals surface area contributed by atoms with E-state index in [1.54, 1.807) is 31.4 Å². The van der Waals surface area contributed by atoms with Gasteiger partial charge in [-0.1, -0.05) is 25.5 Å². The Morgan fingerprint density at radius 3 is 2.43 bits per heavy atom. The first kappa shape index (κ1) is 34.1. The second-order valence-electron chi connectivity index (χ2n) is 12.7. The average molecular weight is 631 g/mol. The van der Waals surface area contributed by atoms with Gasteiger partial charge >= 0.3 is 6.09 Å². The minimum absolute atomic E-state index is 0.0145. The lowest BCUT2D eigenvalue weighted by Crippen LogP contribution is -2.56. The standard InChI is InChI=1S/C33H46N2O8S/c1-20(2)10-15-26-32(5,43-26)30-29(40-6)25(16-17-33(30)19-41-33)42-31(39)35-28(38)18-44-23-13-11-22(12-14-23)34-27(37)9-7-8-24(36)21(3)4/h10-14,21,25-26,29-30H,7-9,15-19H2,1-6H3,(H,34,37)(H,35,38,39)/t25-,26-,29-,30-,32?,33+/m1/s1. The van der Waals surface area contributed by atoms with Crippen molar-refractivity contribution in [3.8, 4) is 0 Å². The predicted octanol–water partition coefficient (Wildman–Crippen LogP) is 5.44. The number of alkyl carbamates (subject to hydrolysis) is 1. The van der Waals surface area contributed by atoms with Crippen LogP contribution in [0, 0.1) is 11.8 Å². The molecule has 44 heavy (non-hydrogen) atoms. The molecule has 4 rings (SSSR count). The zero-order chi connectivity index (χ0) is 32.1. The normalized spacial score (nSPS) is 28.7. The number of allylic oxidation sites excluding steroid dienone is 1. The largest absolute Gasteiger partial charge is 0.443 e. The number of thioether (sulfide) groups is 1. The van der Waals surface area contributed by atoms with Gasteiger partial charge in [-0.2, -0.15) is 0 Å². The number of hydrogen-bond donors (Lipinski definition) is 2. The molecule has 1 aliphatic carbocycles. The number of epoxide rings is 2. The summed E-state index contributed by atoms with van der Waals surface area (Å²) in [5.74, 6) is -0.582. The van der Waals surface area contributed by atoms with Gasteiger partial charge in [0.2, 0.25) is 11.8 Å². The molecule has 3 aliphatic rings. The van der Waals surface area contributed by atoms with Gasteiger partial charge in [-0.25, -0.2) is 4.79 Å².